The Balaban J connectivity index is 1.89. The van der Waals surface area contributed by atoms with Gasteiger partial charge in [-0.25, -0.2) is 9.59 Å². The average molecular weight is 383 g/mol. The zero-order valence-corrected chi connectivity index (χ0v) is 15.7. The standard InChI is InChI=1S/C21H21NO6/c1-3-25-20(23)19-18(22-21(24)26-4-2)16-11-10-15(12-17(16)28-19)27-13-14-8-6-5-7-9-14/h5-12H,3-4,13H2,1-2H3,(H,22,24). The smallest absolute Gasteiger partial charge is 0.411 e. The zero-order valence-electron chi connectivity index (χ0n) is 15.7. The second-order valence-electron chi connectivity index (χ2n) is 5.80. The normalized spacial score (nSPS) is 10.5. The maximum atomic E-state index is 12.2. The van der Waals surface area contributed by atoms with Gasteiger partial charge in [-0.05, 0) is 31.5 Å². The van der Waals surface area contributed by atoms with Crippen LogP contribution in [-0.4, -0.2) is 25.3 Å². The van der Waals surface area contributed by atoms with Gasteiger partial charge in [-0.3, -0.25) is 5.32 Å². The summed E-state index contributed by atoms with van der Waals surface area (Å²) in [7, 11) is 0. The molecule has 1 heterocycles. The van der Waals surface area contributed by atoms with Crippen molar-refractivity contribution in [1.82, 2.24) is 0 Å². The molecule has 0 unspecified atom stereocenters. The number of hydrogen-bond donors (Lipinski definition) is 1. The molecule has 0 saturated carbocycles. The number of rotatable bonds is 7. The number of amides is 1. The zero-order chi connectivity index (χ0) is 19.9. The first kappa shape index (κ1) is 19.3. The molecule has 2 aromatic carbocycles. The number of esters is 1. The van der Waals surface area contributed by atoms with Crippen molar-refractivity contribution in [3.63, 3.8) is 0 Å². The van der Waals surface area contributed by atoms with Crippen LogP contribution in [0, 0.1) is 0 Å². The number of fused-ring (bicyclic) bond motifs is 1. The highest BCUT2D eigenvalue weighted by molar-refractivity contribution is 6.08. The Hall–Kier alpha value is -3.48. The molecular weight excluding hydrogens is 362 g/mol. The van der Waals surface area contributed by atoms with E-state index in [0.717, 1.165) is 5.56 Å². The molecular formula is C21H21NO6. The Bertz CT molecular complexity index is 964. The highest BCUT2D eigenvalue weighted by atomic mass is 16.6. The summed E-state index contributed by atoms with van der Waals surface area (Å²) in [6, 6.07) is 14.9. The quantitative estimate of drug-likeness (QED) is 0.592. The van der Waals surface area contributed by atoms with Crippen LogP contribution in [0.25, 0.3) is 11.0 Å². The predicted octanol–water partition coefficient (Wildman–Crippen LogP) is 4.76. The van der Waals surface area contributed by atoms with Gasteiger partial charge >= 0.3 is 12.1 Å². The van der Waals surface area contributed by atoms with Crippen LogP contribution < -0.4 is 10.1 Å². The van der Waals surface area contributed by atoms with Crippen LogP contribution >= 0.6 is 0 Å². The van der Waals surface area contributed by atoms with E-state index in [2.05, 4.69) is 5.32 Å². The molecule has 0 saturated heterocycles. The summed E-state index contributed by atoms with van der Waals surface area (Å²) in [4.78, 5) is 24.1. The molecule has 0 radical (unpaired) electrons. The highest BCUT2D eigenvalue weighted by Crippen LogP contribution is 2.34. The monoisotopic (exact) mass is 383 g/mol. The molecule has 146 valence electrons. The summed E-state index contributed by atoms with van der Waals surface area (Å²) in [6.45, 7) is 4.16. The molecule has 1 N–H and O–H groups in total. The minimum absolute atomic E-state index is 0.0925. The minimum atomic E-state index is -0.680. The van der Waals surface area contributed by atoms with Gasteiger partial charge in [-0.2, -0.15) is 0 Å². The second-order valence-corrected chi connectivity index (χ2v) is 5.80. The van der Waals surface area contributed by atoms with Crippen LogP contribution in [0.3, 0.4) is 0 Å². The van der Waals surface area contributed by atoms with E-state index in [1.165, 1.54) is 0 Å². The molecule has 0 spiro atoms. The Morgan fingerprint density at radius 3 is 2.46 bits per heavy atom. The lowest BCUT2D eigenvalue weighted by molar-refractivity contribution is 0.0494. The Morgan fingerprint density at radius 1 is 1.00 bits per heavy atom. The highest BCUT2D eigenvalue weighted by Gasteiger charge is 2.24. The summed E-state index contributed by atoms with van der Waals surface area (Å²) >= 11 is 0. The van der Waals surface area contributed by atoms with Crippen LogP contribution in [0.1, 0.15) is 30.0 Å². The first-order valence-corrected chi connectivity index (χ1v) is 8.96. The largest absolute Gasteiger partial charge is 0.489 e. The van der Waals surface area contributed by atoms with E-state index in [-0.39, 0.29) is 24.7 Å². The van der Waals surface area contributed by atoms with Crippen molar-refractivity contribution in [2.24, 2.45) is 0 Å². The van der Waals surface area contributed by atoms with E-state index in [1.54, 1.807) is 32.0 Å². The Labute approximate surface area is 162 Å². The van der Waals surface area contributed by atoms with E-state index in [0.29, 0.717) is 23.3 Å². The van der Waals surface area contributed by atoms with Gasteiger partial charge in [-0.1, -0.05) is 30.3 Å². The number of ether oxygens (including phenoxy) is 3. The van der Waals surface area contributed by atoms with Gasteiger partial charge in [0.1, 0.15) is 23.6 Å². The third kappa shape index (κ3) is 4.43. The first-order chi connectivity index (χ1) is 13.6. The number of hydrogen-bond acceptors (Lipinski definition) is 6. The molecule has 7 heteroatoms. The molecule has 1 amide bonds. The summed E-state index contributed by atoms with van der Waals surface area (Å²) in [5.74, 6) is -0.189. The fourth-order valence-electron chi connectivity index (χ4n) is 2.64. The van der Waals surface area contributed by atoms with Gasteiger partial charge < -0.3 is 18.6 Å². The van der Waals surface area contributed by atoms with Crippen LogP contribution in [0.5, 0.6) is 5.75 Å². The van der Waals surface area contributed by atoms with E-state index < -0.39 is 12.1 Å². The van der Waals surface area contributed by atoms with Crippen molar-refractivity contribution < 1.29 is 28.2 Å². The minimum Gasteiger partial charge on any atom is -0.489 e. The summed E-state index contributed by atoms with van der Waals surface area (Å²) in [6.07, 6.45) is -0.680. The maximum Gasteiger partial charge on any atom is 0.411 e. The van der Waals surface area contributed by atoms with Gasteiger partial charge in [0, 0.05) is 11.5 Å². The Kier molecular flexibility index (Phi) is 6.16. The van der Waals surface area contributed by atoms with Gasteiger partial charge in [0.05, 0.1) is 13.2 Å². The van der Waals surface area contributed by atoms with Crippen LogP contribution in [0.4, 0.5) is 10.5 Å². The molecule has 28 heavy (non-hydrogen) atoms. The summed E-state index contributed by atoms with van der Waals surface area (Å²) < 4.78 is 21.4. The molecule has 0 aliphatic rings. The third-order valence-electron chi connectivity index (χ3n) is 3.87. The number of nitrogens with one attached hydrogen (secondary N) is 1. The fraction of sp³-hybridized carbons (Fsp3) is 0.238. The number of carbonyl (C=O) groups is 2. The van der Waals surface area contributed by atoms with E-state index >= 15 is 0 Å². The molecule has 0 atom stereocenters. The number of carbonyl (C=O) groups excluding carboxylic acids is 2. The van der Waals surface area contributed by atoms with Crippen molar-refractivity contribution in [3.8, 4) is 5.75 Å². The number of benzene rings is 2. The molecule has 3 aromatic rings. The molecule has 0 aliphatic carbocycles. The SMILES string of the molecule is CCOC(=O)Nc1c(C(=O)OCC)oc2cc(OCc3ccccc3)ccc12. The molecule has 1 aromatic heterocycles. The summed E-state index contributed by atoms with van der Waals surface area (Å²) in [5.41, 5.74) is 1.63. The van der Waals surface area contributed by atoms with Crippen LogP contribution in [0.15, 0.2) is 52.9 Å². The van der Waals surface area contributed by atoms with E-state index in [4.69, 9.17) is 18.6 Å². The molecule has 7 nitrogen and oxygen atoms in total. The fourth-order valence-corrected chi connectivity index (χ4v) is 2.64. The third-order valence-corrected chi connectivity index (χ3v) is 3.87. The maximum absolute atomic E-state index is 12.2. The number of furan rings is 1. The second kappa shape index (κ2) is 8.94. The van der Waals surface area contributed by atoms with E-state index in [9.17, 15) is 9.59 Å². The van der Waals surface area contributed by atoms with Gasteiger partial charge in [0.15, 0.2) is 0 Å². The topological polar surface area (TPSA) is 87.0 Å². The van der Waals surface area contributed by atoms with Crippen LogP contribution in [-0.2, 0) is 16.1 Å². The van der Waals surface area contributed by atoms with Crippen molar-refractivity contribution in [1.29, 1.82) is 0 Å². The van der Waals surface area contributed by atoms with Gasteiger partial charge in [0.25, 0.3) is 0 Å². The van der Waals surface area contributed by atoms with Crippen LogP contribution in [0.2, 0.25) is 0 Å². The average Bonchev–Trinajstić information content (AvgIpc) is 3.05. The lowest BCUT2D eigenvalue weighted by Crippen LogP contribution is -2.15. The predicted molar refractivity (Wildman–Crippen MR) is 104 cm³/mol. The van der Waals surface area contributed by atoms with Gasteiger partial charge in [0.2, 0.25) is 5.76 Å². The lowest BCUT2D eigenvalue weighted by atomic mass is 10.2. The molecule has 3 rings (SSSR count). The van der Waals surface area contributed by atoms with Crippen molar-refractivity contribution >= 4 is 28.7 Å². The number of anilines is 1. The van der Waals surface area contributed by atoms with Gasteiger partial charge in [-0.15, -0.1) is 0 Å². The molecule has 0 bridgehead atoms. The lowest BCUT2D eigenvalue weighted by Gasteiger charge is -2.07. The summed E-state index contributed by atoms with van der Waals surface area (Å²) in [5, 5.41) is 3.10. The first-order valence-electron chi connectivity index (χ1n) is 8.96. The van der Waals surface area contributed by atoms with Crippen molar-refractivity contribution in [3.05, 3.63) is 59.9 Å². The van der Waals surface area contributed by atoms with Crippen molar-refractivity contribution in [2.45, 2.75) is 20.5 Å². The molecule has 0 fully saturated rings. The molecule has 0 aliphatic heterocycles. The Morgan fingerprint density at radius 2 is 1.75 bits per heavy atom. The van der Waals surface area contributed by atoms with E-state index in [1.807, 2.05) is 30.3 Å². The van der Waals surface area contributed by atoms with Crippen molar-refractivity contribution in [2.75, 3.05) is 18.5 Å².